The van der Waals surface area contributed by atoms with E-state index in [9.17, 15) is 0 Å². The summed E-state index contributed by atoms with van der Waals surface area (Å²) >= 11 is 1.64. The first-order chi connectivity index (χ1) is 3.93. The molecule has 8 heavy (non-hydrogen) atoms. The third kappa shape index (κ3) is 1.28. The monoisotopic (exact) mass is 127 g/mol. The van der Waals surface area contributed by atoms with Gasteiger partial charge in [-0.25, -0.2) is 10.3 Å². The van der Waals surface area contributed by atoms with E-state index in [2.05, 4.69) is 10.3 Å². The van der Waals surface area contributed by atoms with E-state index in [0.717, 1.165) is 11.6 Å². The summed E-state index contributed by atoms with van der Waals surface area (Å²) in [6.07, 6.45) is 1.80. The molecular weight excluding hydrogens is 120 g/mol. The van der Waals surface area contributed by atoms with Crippen LogP contribution in [0.15, 0.2) is 11.6 Å². The minimum Gasteiger partial charge on any atom is -0.248 e. The van der Waals surface area contributed by atoms with Gasteiger partial charge in [0.15, 0.2) is 0 Å². The fraction of sp³-hybridized carbons (Fsp3) is 0.400. The van der Waals surface area contributed by atoms with E-state index >= 15 is 0 Å². The second-order valence-corrected chi connectivity index (χ2v) is 2.38. The third-order valence-electron chi connectivity index (χ3n) is 0.777. The number of thiazole rings is 1. The molecule has 0 unspecified atom stereocenters. The molecule has 0 saturated heterocycles. The van der Waals surface area contributed by atoms with Gasteiger partial charge in [0, 0.05) is 18.6 Å². The Hall–Kier alpha value is -0.410. The summed E-state index contributed by atoms with van der Waals surface area (Å²) in [6, 6.07) is 0. The number of rotatable bonds is 2. The Kier molecular flexibility index (Phi) is 2.00. The number of aromatic nitrogens is 1. The summed E-state index contributed by atoms with van der Waals surface area (Å²) < 4.78 is 0. The molecule has 1 aromatic heterocycles. The van der Waals surface area contributed by atoms with Crippen LogP contribution in [-0.4, -0.2) is 12.0 Å². The van der Waals surface area contributed by atoms with Crippen LogP contribution in [0.25, 0.3) is 0 Å². The van der Waals surface area contributed by atoms with Crippen LogP contribution in [0.1, 0.15) is 5.01 Å². The Morgan fingerprint density at radius 3 is 3.25 bits per heavy atom. The molecule has 1 radical (unpaired) electrons. The van der Waals surface area contributed by atoms with Gasteiger partial charge in [0.1, 0.15) is 5.01 Å². The minimum atomic E-state index is 0.762. The summed E-state index contributed by atoms with van der Waals surface area (Å²) in [4.78, 5) is 4.03. The largest absolute Gasteiger partial charge is 0.248 e. The molecule has 0 saturated carbocycles. The van der Waals surface area contributed by atoms with Gasteiger partial charge in [0.2, 0.25) is 0 Å². The fourth-order valence-electron chi connectivity index (χ4n) is 0.466. The van der Waals surface area contributed by atoms with Crippen molar-refractivity contribution in [2.45, 2.75) is 6.54 Å². The predicted octanol–water partition coefficient (Wildman–Crippen LogP) is 0.877. The Bertz CT molecular complexity index is 136. The van der Waals surface area contributed by atoms with Crippen LogP contribution >= 0.6 is 11.3 Å². The molecule has 0 aliphatic heterocycles. The van der Waals surface area contributed by atoms with Crippen LogP contribution in [0, 0.1) is 0 Å². The lowest BCUT2D eigenvalue weighted by Gasteiger charge is -1.85. The van der Waals surface area contributed by atoms with E-state index in [4.69, 9.17) is 0 Å². The summed E-state index contributed by atoms with van der Waals surface area (Å²) in [7, 11) is 1.79. The van der Waals surface area contributed by atoms with Crippen molar-refractivity contribution in [1.82, 2.24) is 10.3 Å². The van der Waals surface area contributed by atoms with Gasteiger partial charge < -0.3 is 0 Å². The van der Waals surface area contributed by atoms with Crippen molar-refractivity contribution < 1.29 is 0 Å². The van der Waals surface area contributed by atoms with E-state index < -0.39 is 0 Å². The Morgan fingerprint density at radius 1 is 1.88 bits per heavy atom. The van der Waals surface area contributed by atoms with Gasteiger partial charge in [-0.15, -0.1) is 11.3 Å². The highest BCUT2D eigenvalue weighted by atomic mass is 32.1. The third-order valence-corrected chi connectivity index (χ3v) is 1.54. The Morgan fingerprint density at radius 2 is 2.75 bits per heavy atom. The van der Waals surface area contributed by atoms with Gasteiger partial charge in [-0.1, -0.05) is 0 Å². The Balaban J connectivity index is 2.50. The molecule has 0 aliphatic rings. The van der Waals surface area contributed by atoms with Gasteiger partial charge >= 0.3 is 0 Å². The zero-order valence-corrected chi connectivity index (χ0v) is 5.48. The summed E-state index contributed by atoms with van der Waals surface area (Å²) in [6.45, 7) is 0.762. The molecule has 0 spiro atoms. The van der Waals surface area contributed by atoms with Crippen molar-refractivity contribution in [3.8, 4) is 0 Å². The van der Waals surface area contributed by atoms with Crippen LogP contribution in [0.5, 0.6) is 0 Å². The minimum absolute atomic E-state index is 0.762. The average molecular weight is 127 g/mol. The van der Waals surface area contributed by atoms with Crippen LogP contribution < -0.4 is 5.32 Å². The topological polar surface area (TPSA) is 27.0 Å². The van der Waals surface area contributed by atoms with E-state index in [1.54, 1.807) is 24.6 Å². The normalized spacial score (nSPS) is 9.62. The van der Waals surface area contributed by atoms with E-state index in [1.165, 1.54) is 0 Å². The van der Waals surface area contributed by atoms with Crippen molar-refractivity contribution >= 4 is 11.3 Å². The molecule has 1 rings (SSSR count). The van der Waals surface area contributed by atoms with Gasteiger partial charge in [-0.05, 0) is 0 Å². The average Bonchev–Trinajstić information content (AvgIpc) is 2.19. The van der Waals surface area contributed by atoms with Gasteiger partial charge in [-0.3, -0.25) is 0 Å². The first-order valence-electron chi connectivity index (χ1n) is 2.37. The zero-order chi connectivity index (χ0) is 5.82. The molecule has 2 nitrogen and oxygen atoms in total. The lowest BCUT2D eigenvalue weighted by Crippen LogP contribution is -1.94. The second kappa shape index (κ2) is 2.79. The van der Waals surface area contributed by atoms with Crippen LogP contribution in [0.2, 0.25) is 0 Å². The van der Waals surface area contributed by atoms with E-state index in [-0.39, 0.29) is 0 Å². The SMILES string of the molecule is C[N]Cc1nccs1. The number of hydrogen-bond acceptors (Lipinski definition) is 2. The smallest absolute Gasteiger partial charge is 0.108 e. The lowest BCUT2D eigenvalue weighted by atomic mass is 10.7. The molecule has 1 heterocycles. The molecule has 3 heteroatoms. The predicted molar refractivity (Wildman–Crippen MR) is 33.9 cm³/mol. The highest BCUT2D eigenvalue weighted by Crippen LogP contribution is 2.01. The van der Waals surface area contributed by atoms with Gasteiger partial charge in [0.05, 0.1) is 6.54 Å². The Labute approximate surface area is 52.6 Å². The summed E-state index contributed by atoms with van der Waals surface area (Å²) in [5.74, 6) is 0. The van der Waals surface area contributed by atoms with Gasteiger partial charge in [-0.2, -0.15) is 0 Å². The maximum absolute atomic E-state index is 4.03. The first kappa shape index (κ1) is 5.72. The molecule has 0 N–H and O–H groups in total. The lowest BCUT2D eigenvalue weighted by molar-refractivity contribution is 0.793. The maximum atomic E-state index is 4.03. The van der Waals surface area contributed by atoms with Crippen LogP contribution in [0.3, 0.4) is 0 Å². The summed E-state index contributed by atoms with van der Waals surface area (Å²) in [5, 5.41) is 6.98. The van der Waals surface area contributed by atoms with Crippen LogP contribution in [0.4, 0.5) is 0 Å². The number of nitrogens with zero attached hydrogens (tertiary/aromatic N) is 2. The second-order valence-electron chi connectivity index (χ2n) is 1.40. The standard InChI is InChI=1S/C5H7N2S/c1-6-4-5-7-2-3-8-5/h2-3H,4H2,1H3. The molecular formula is C5H7N2S. The highest BCUT2D eigenvalue weighted by molar-refractivity contribution is 7.09. The molecule has 0 aliphatic carbocycles. The quantitative estimate of drug-likeness (QED) is 0.579. The van der Waals surface area contributed by atoms with E-state index in [0.29, 0.717) is 0 Å². The molecule has 1 aromatic rings. The molecule has 0 amide bonds. The molecule has 0 aromatic carbocycles. The molecule has 0 atom stereocenters. The van der Waals surface area contributed by atoms with Crippen molar-refractivity contribution in [2.75, 3.05) is 7.05 Å². The number of hydrogen-bond donors (Lipinski definition) is 0. The van der Waals surface area contributed by atoms with Crippen molar-refractivity contribution in [3.05, 3.63) is 16.6 Å². The van der Waals surface area contributed by atoms with Crippen LogP contribution in [-0.2, 0) is 6.54 Å². The molecule has 0 fully saturated rings. The van der Waals surface area contributed by atoms with Gasteiger partial charge in [0.25, 0.3) is 0 Å². The highest BCUT2D eigenvalue weighted by Gasteiger charge is 1.89. The van der Waals surface area contributed by atoms with Crippen molar-refractivity contribution in [2.24, 2.45) is 0 Å². The van der Waals surface area contributed by atoms with E-state index in [1.807, 2.05) is 5.38 Å². The van der Waals surface area contributed by atoms with Crippen molar-refractivity contribution in [1.29, 1.82) is 0 Å². The summed E-state index contributed by atoms with van der Waals surface area (Å²) in [5.41, 5.74) is 0. The fourth-order valence-corrected chi connectivity index (χ4v) is 1.07. The molecule has 0 bridgehead atoms. The first-order valence-corrected chi connectivity index (χ1v) is 3.25. The molecule has 43 valence electrons. The zero-order valence-electron chi connectivity index (χ0n) is 4.66. The maximum Gasteiger partial charge on any atom is 0.108 e. The van der Waals surface area contributed by atoms with Crippen molar-refractivity contribution in [3.63, 3.8) is 0 Å².